The molecule has 0 saturated carbocycles. The number of aromatic nitrogens is 1. The van der Waals surface area contributed by atoms with Gasteiger partial charge in [0.1, 0.15) is 11.1 Å². The average molecular weight is 487 g/mol. The predicted molar refractivity (Wildman–Crippen MR) is 130 cm³/mol. The van der Waals surface area contributed by atoms with E-state index in [1.165, 1.54) is 18.7 Å². The highest BCUT2D eigenvalue weighted by molar-refractivity contribution is 7.98. The fourth-order valence-electron chi connectivity index (χ4n) is 4.90. The van der Waals surface area contributed by atoms with E-state index >= 15 is 0 Å². The fraction of sp³-hybridized carbons (Fsp3) is 0.500. The molecule has 4 heterocycles. The van der Waals surface area contributed by atoms with E-state index in [0.717, 1.165) is 29.2 Å². The van der Waals surface area contributed by atoms with Gasteiger partial charge < -0.3 is 15.1 Å². The molecule has 0 unspecified atom stereocenters. The molecular formula is C24H30N4O3S2. The highest BCUT2D eigenvalue weighted by Crippen LogP contribution is 2.41. The number of hydrogen-bond donors (Lipinski definition) is 1. The van der Waals surface area contributed by atoms with Crippen molar-refractivity contribution in [2.24, 2.45) is 5.41 Å². The van der Waals surface area contributed by atoms with Crippen LogP contribution in [0.3, 0.4) is 0 Å². The summed E-state index contributed by atoms with van der Waals surface area (Å²) in [7, 11) is 0. The Morgan fingerprint density at radius 2 is 1.88 bits per heavy atom. The van der Waals surface area contributed by atoms with Crippen LogP contribution >= 0.6 is 23.1 Å². The highest BCUT2D eigenvalue weighted by atomic mass is 32.2. The van der Waals surface area contributed by atoms with Gasteiger partial charge in [0.25, 0.3) is 5.91 Å². The standard InChI is InChI=1S/C24H30N4O3S2/c1-17(29)26-20(15-18-5-4-14-33-18)23(31)28-13-9-24(16-28)7-11-27(12-8-24)22(30)19-6-3-10-25-21(19)32-2/h3-6,10,14,20H,7-9,11-13,15-16H2,1-2H3,(H,26,29)/t20-/m0/s1. The largest absolute Gasteiger partial charge is 0.344 e. The minimum Gasteiger partial charge on any atom is -0.344 e. The van der Waals surface area contributed by atoms with E-state index in [9.17, 15) is 14.4 Å². The summed E-state index contributed by atoms with van der Waals surface area (Å²) in [6, 6.07) is 7.07. The molecule has 0 aromatic carbocycles. The molecule has 4 rings (SSSR count). The first-order valence-electron chi connectivity index (χ1n) is 11.3. The summed E-state index contributed by atoms with van der Waals surface area (Å²) in [6.45, 7) is 4.23. The first-order valence-corrected chi connectivity index (χ1v) is 13.4. The molecule has 2 aromatic heterocycles. The zero-order valence-electron chi connectivity index (χ0n) is 19.1. The number of pyridine rings is 1. The number of carbonyl (C=O) groups is 3. The lowest BCUT2D eigenvalue weighted by atomic mass is 9.77. The van der Waals surface area contributed by atoms with Crippen molar-refractivity contribution in [1.82, 2.24) is 20.1 Å². The van der Waals surface area contributed by atoms with Gasteiger partial charge in [-0.2, -0.15) is 0 Å². The number of thioether (sulfide) groups is 1. The molecule has 0 radical (unpaired) electrons. The Kier molecular flexibility index (Phi) is 7.38. The molecule has 3 amide bonds. The van der Waals surface area contributed by atoms with Gasteiger partial charge in [-0.1, -0.05) is 6.07 Å². The molecule has 9 heteroatoms. The molecule has 33 heavy (non-hydrogen) atoms. The Morgan fingerprint density at radius 1 is 1.15 bits per heavy atom. The number of thiophene rings is 1. The summed E-state index contributed by atoms with van der Waals surface area (Å²) < 4.78 is 0. The van der Waals surface area contributed by atoms with Gasteiger partial charge in [0.15, 0.2) is 0 Å². The lowest BCUT2D eigenvalue weighted by molar-refractivity contribution is -0.135. The van der Waals surface area contributed by atoms with E-state index in [0.29, 0.717) is 38.2 Å². The first-order chi connectivity index (χ1) is 15.9. The summed E-state index contributed by atoms with van der Waals surface area (Å²) in [5.74, 6) is -0.158. The molecular weight excluding hydrogens is 456 g/mol. The average Bonchev–Trinajstić information content (AvgIpc) is 3.48. The van der Waals surface area contributed by atoms with Gasteiger partial charge in [-0.3, -0.25) is 14.4 Å². The van der Waals surface area contributed by atoms with Crippen LogP contribution in [0, 0.1) is 5.41 Å². The normalized spacial score (nSPS) is 18.4. The van der Waals surface area contributed by atoms with Crippen LogP contribution in [0.4, 0.5) is 0 Å². The number of piperidine rings is 1. The number of nitrogens with one attached hydrogen (secondary N) is 1. The highest BCUT2D eigenvalue weighted by Gasteiger charge is 2.44. The van der Waals surface area contributed by atoms with Crippen LogP contribution < -0.4 is 5.32 Å². The van der Waals surface area contributed by atoms with Gasteiger partial charge in [-0.05, 0) is 54.5 Å². The van der Waals surface area contributed by atoms with Crippen LogP contribution in [0.2, 0.25) is 0 Å². The lowest BCUT2D eigenvalue weighted by Gasteiger charge is -2.39. The molecule has 0 aliphatic carbocycles. The van der Waals surface area contributed by atoms with Gasteiger partial charge in [-0.15, -0.1) is 23.1 Å². The number of hydrogen-bond acceptors (Lipinski definition) is 6. The molecule has 0 bridgehead atoms. The van der Waals surface area contributed by atoms with E-state index in [2.05, 4.69) is 10.3 Å². The number of nitrogens with zero attached hydrogens (tertiary/aromatic N) is 3. The summed E-state index contributed by atoms with van der Waals surface area (Å²) in [6.07, 6.45) is 6.87. The monoisotopic (exact) mass is 486 g/mol. The van der Waals surface area contributed by atoms with Crippen LogP contribution in [0.1, 0.15) is 41.4 Å². The lowest BCUT2D eigenvalue weighted by Crippen LogP contribution is -2.50. The third-order valence-electron chi connectivity index (χ3n) is 6.72. The second-order valence-electron chi connectivity index (χ2n) is 8.90. The molecule has 2 saturated heterocycles. The zero-order valence-corrected chi connectivity index (χ0v) is 20.7. The quantitative estimate of drug-likeness (QED) is 0.635. The first kappa shape index (κ1) is 23.8. The predicted octanol–water partition coefficient (Wildman–Crippen LogP) is 3.07. The van der Waals surface area contributed by atoms with Crippen molar-refractivity contribution < 1.29 is 14.4 Å². The topological polar surface area (TPSA) is 82.6 Å². The maximum Gasteiger partial charge on any atom is 0.256 e. The van der Waals surface area contributed by atoms with Crippen molar-refractivity contribution in [3.05, 3.63) is 46.3 Å². The molecule has 2 fully saturated rings. The summed E-state index contributed by atoms with van der Waals surface area (Å²) in [5.41, 5.74) is 0.712. The van der Waals surface area contributed by atoms with E-state index in [4.69, 9.17) is 0 Å². The van der Waals surface area contributed by atoms with Gasteiger partial charge >= 0.3 is 0 Å². The molecule has 2 aliphatic rings. The Bertz CT molecular complexity index is 1000. The van der Waals surface area contributed by atoms with E-state index in [-0.39, 0.29) is 23.1 Å². The van der Waals surface area contributed by atoms with E-state index in [1.54, 1.807) is 23.6 Å². The van der Waals surface area contributed by atoms with E-state index < -0.39 is 6.04 Å². The SMILES string of the molecule is CSc1ncccc1C(=O)N1CCC2(CC1)CCN(C(=O)[C@H](Cc1cccs1)NC(C)=O)C2. The molecule has 1 N–H and O–H groups in total. The smallest absolute Gasteiger partial charge is 0.256 e. The van der Waals surface area contributed by atoms with Crippen LogP contribution in [0.15, 0.2) is 40.9 Å². The fourth-order valence-corrected chi connectivity index (χ4v) is 6.19. The molecule has 176 valence electrons. The van der Waals surface area contributed by atoms with Crippen LogP contribution in [0.25, 0.3) is 0 Å². The Balaban J connectivity index is 1.37. The van der Waals surface area contributed by atoms with Crippen molar-refractivity contribution >= 4 is 40.8 Å². The number of amides is 3. The number of rotatable bonds is 6. The van der Waals surface area contributed by atoms with Crippen LogP contribution in [-0.4, -0.2) is 71.0 Å². The summed E-state index contributed by atoms with van der Waals surface area (Å²) in [4.78, 5) is 47.3. The molecule has 1 spiro atoms. The van der Waals surface area contributed by atoms with Crippen molar-refractivity contribution in [1.29, 1.82) is 0 Å². The van der Waals surface area contributed by atoms with Crippen LogP contribution in [-0.2, 0) is 16.0 Å². The van der Waals surface area contributed by atoms with Crippen LogP contribution in [0.5, 0.6) is 0 Å². The Labute approximate surface area is 202 Å². The number of carbonyl (C=O) groups excluding carboxylic acids is 3. The zero-order chi connectivity index (χ0) is 23.4. The van der Waals surface area contributed by atoms with Gasteiger partial charge in [-0.25, -0.2) is 4.98 Å². The van der Waals surface area contributed by atoms with Gasteiger partial charge in [0, 0.05) is 50.6 Å². The molecule has 1 atom stereocenters. The maximum atomic E-state index is 13.3. The van der Waals surface area contributed by atoms with Crippen molar-refractivity contribution in [2.45, 2.75) is 43.7 Å². The second kappa shape index (κ2) is 10.3. The third-order valence-corrected chi connectivity index (χ3v) is 8.33. The summed E-state index contributed by atoms with van der Waals surface area (Å²) in [5, 5.41) is 5.60. The second-order valence-corrected chi connectivity index (χ2v) is 10.7. The number of likely N-dealkylation sites (tertiary alicyclic amines) is 2. The molecule has 2 aliphatic heterocycles. The Hall–Kier alpha value is -2.39. The maximum absolute atomic E-state index is 13.3. The summed E-state index contributed by atoms with van der Waals surface area (Å²) >= 11 is 3.08. The molecule has 2 aromatic rings. The Morgan fingerprint density at radius 3 is 2.52 bits per heavy atom. The van der Waals surface area contributed by atoms with Gasteiger partial charge in [0.05, 0.1) is 5.56 Å². The third kappa shape index (κ3) is 5.41. The van der Waals surface area contributed by atoms with Gasteiger partial charge in [0.2, 0.25) is 11.8 Å². The van der Waals surface area contributed by atoms with Crippen molar-refractivity contribution in [2.75, 3.05) is 32.4 Å². The molecule has 7 nitrogen and oxygen atoms in total. The minimum absolute atomic E-state index is 0.00560. The van der Waals surface area contributed by atoms with Crippen molar-refractivity contribution in [3.8, 4) is 0 Å². The van der Waals surface area contributed by atoms with E-state index in [1.807, 2.05) is 39.6 Å². The van der Waals surface area contributed by atoms with Crippen molar-refractivity contribution in [3.63, 3.8) is 0 Å². The minimum atomic E-state index is -0.534.